The standard InChI is InChI=1S/C23H29BN2O3/c1-22(2)23(3,4)29-24(28-22)18-10-8-11-19(16-18)25-21(27)17-9-7-12-20(15-17)26-13-5-6-14-26/h7-12,15-16H,5-6,13-14H2,1-4H3,(H,25,27). The molecule has 2 aliphatic rings. The van der Waals surface area contributed by atoms with Gasteiger partial charge in [0.15, 0.2) is 0 Å². The lowest BCUT2D eigenvalue weighted by atomic mass is 9.79. The van der Waals surface area contributed by atoms with Crippen molar-refractivity contribution in [3.63, 3.8) is 0 Å². The molecule has 0 unspecified atom stereocenters. The molecule has 29 heavy (non-hydrogen) atoms. The third kappa shape index (κ3) is 4.05. The SMILES string of the molecule is CC1(C)OB(c2cccc(NC(=O)c3cccc(N4CCCC4)c3)c2)OC1(C)C. The molecular formula is C23H29BN2O3. The summed E-state index contributed by atoms with van der Waals surface area (Å²) in [6.45, 7) is 10.2. The number of benzene rings is 2. The lowest BCUT2D eigenvalue weighted by Gasteiger charge is -2.32. The fraction of sp³-hybridized carbons (Fsp3) is 0.435. The Morgan fingerprint density at radius 3 is 2.31 bits per heavy atom. The van der Waals surface area contributed by atoms with E-state index in [1.165, 1.54) is 12.8 Å². The zero-order valence-electron chi connectivity index (χ0n) is 17.7. The van der Waals surface area contributed by atoms with Crippen molar-refractivity contribution in [2.75, 3.05) is 23.3 Å². The fourth-order valence-electron chi connectivity index (χ4n) is 3.76. The van der Waals surface area contributed by atoms with E-state index in [-0.39, 0.29) is 5.91 Å². The highest BCUT2D eigenvalue weighted by atomic mass is 16.7. The van der Waals surface area contributed by atoms with Gasteiger partial charge >= 0.3 is 7.12 Å². The second-order valence-electron chi connectivity index (χ2n) is 8.91. The zero-order valence-corrected chi connectivity index (χ0v) is 17.7. The third-order valence-corrected chi connectivity index (χ3v) is 6.25. The third-order valence-electron chi connectivity index (χ3n) is 6.25. The Balaban J connectivity index is 1.49. The molecule has 2 aromatic rings. The highest BCUT2D eigenvalue weighted by molar-refractivity contribution is 6.62. The van der Waals surface area contributed by atoms with Crippen molar-refractivity contribution in [1.29, 1.82) is 0 Å². The average Bonchev–Trinajstić information content (AvgIpc) is 3.29. The molecule has 0 spiro atoms. The van der Waals surface area contributed by atoms with Crippen molar-refractivity contribution in [1.82, 2.24) is 0 Å². The van der Waals surface area contributed by atoms with E-state index in [0.29, 0.717) is 5.56 Å². The molecule has 152 valence electrons. The van der Waals surface area contributed by atoms with Crippen LogP contribution in [-0.2, 0) is 9.31 Å². The van der Waals surface area contributed by atoms with Gasteiger partial charge in [0, 0.05) is 30.0 Å². The lowest BCUT2D eigenvalue weighted by molar-refractivity contribution is 0.00578. The number of hydrogen-bond acceptors (Lipinski definition) is 4. The van der Waals surface area contributed by atoms with Crippen LogP contribution in [0, 0.1) is 0 Å². The molecule has 1 N–H and O–H groups in total. The first kappa shape index (κ1) is 20.0. The van der Waals surface area contributed by atoms with Crippen LogP contribution >= 0.6 is 0 Å². The summed E-state index contributed by atoms with van der Waals surface area (Å²) in [6.07, 6.45) is 2.42. The van der Waals surface area contributed by atoms with E-state index < -0.39 is 18.3 Å². The van der Waals surface area contributed by atoms with Crippen LogP contribution in [0.4, 0.5) is 11.4 Å². The largest absolute Gasteiger partial charge is 0.494 e. The number of carbonyl (C=O) groups excluding carboxylic acids is 1. The van der Waals surface area contributed by atoms with Gasteiger partial charge in [-0.25, -0.2) is 0 Å². The van der Waals surface area contributed by atoms with Crippen LogP contribution in [0.25, 0.3) is 0 Å². The molecule has 4 rings (SSSR count). The van der Waals surface area contributed by atoms with Crippen LogP contribution in [-0.4, -0.2) is 37.3 Å². The van der Waals surface area contributed by atoms with Gasteiger partial charge in [0.05, 0.1) is 11.2 Å². The zero-order chi connectivity index (χ0) is 20.6. The summed E-state index contributed by atoms with van der Waals surface area (Å²) in [5.74, 6) is -0.114. The molecule has 1 amide bonds. The van der Waals surface area contributed by atoms with Gasteiger partial charge in [0.2, 0.25) is 0 Å². The van der Waals surface area contributed by atoms with E-state index in [2.05, 4.69) is 16.3 Å². The van der Waals surface area contributed by atoms with Crippen LogP contribution in [0.5, 0.6) is 0 Å². The molecule has 0 aliphatic carbocycles. The van der Waals surface area contributed by atoms with E-state index in [4.69, 9.17) is 9.31 Å². The fourth-order valence-corrected chi connectivity index (χ4v) is 3.76. The van der Waals surface area contributed by atoms with Crippen molar-refractivity contribution in [3.8, 4) is 0 Å². The second-order valence-corrected chi connectivity index (χ2v) is 8.91. The van der Waals surface area contributed by atoms with E-state index in [9.17, 15) is 4.79 Å². The normalized spacial score (nSPS) is 20.1. The summed E-state index contributed by atoms with van der Waals surface area (Å²) in [4.78, 5) is 15.2. The average molecular weight is 392 g/mol. The van der Waals surface area contributed by atoms with Gasteiger partial charge in [-0.3, -0.25) is 4.79 Å². The first-order valence-corrected chi connectivity index (χ1v) is 10.4. The van der Waals surface area contributed by atoms with Crippen molar-refractivity contribution < 1.29 is 14.1 Å². The van der Waals surface area contributed by atoms with Crippen molar-refractivity contribution in [3.05, 3.63) is 54.1 Å². The van der Waals surface area contributed by atoms with Crippen LogP contribution in [0.2, 0.25) is 0 Å². The maximum Gasteiger partial charge on any atom is 0.494 e. The molecule has 0 aromatic heterocycles. The molecule has 0 radical (unpaired) electrons. The van der Waals surface area contributed by atoms with E-state index >= 15 is 0 Å². The highest BCUT2D eigenvalue weighted by Gasteiger charge is 2.51. The van der Waals surface area contributed by atoms with Crippen LogP contribution in [0.3, 0.4) is 0 Å². The van der Waals surface area contributed by atoms with Gasteiger partial charge in [-0.15, -0.1) is 0 Å². The van der Waals surface area contributed by atoms with Gasteiger partial charge in [0.25, 0.3) is 5.91 Å². The Morgan fingerprint density at radius 2 is 1.62 bits per heavy atom. The number of anilines is 2. The van der Waals surface area contributed by atoms with E-state index in [1.807, 2.05) is 70.2 Å². The van der Waals surface area contributed by atoms with Crippen molar-refractivity contribution in [2.24, 2.45) is 0 Å². The maximum atomic E-state index is 12.8. The summed E-state index contributed by atoms with van der Waals surface area (Å²) in [7, 11) is -0.449. The van der Waals surface area contributed by atoms with Gasteiger partial charge < -0.3 is 19.5 Å². The number of rotatable bonds is 4. The van der Waals surface area contributed by atoms with E-state index in [0.717, 1.165) is 29.9 Å². The molecule has 0 atom stereocenters. The minimum atomic E-state index is -0.449. The summed E-state index contributed by atoms with van der Waals surface area (Å²) >= 11 is 0. The molecule has 5 nitrogen and oxygen atoms in total. The smallest absolute Gasteiger partial charge is 0.399 e. The predicted octanol–water partition coefficient (Wildman–Crippen LogP) is 3.84. The Bertz CT molecular complexity index is 891. The monoisotopic (exact) mass is 392 g/mol. The number of nitrogens with zero attached hydrogens (tertiary/aromatic N) is 1. The van der Waals surface area contributed by atoms with Crippen LogP contribution < -0.4 is 15.7 Å². The van der Waals surface area contributed by atoms with Gasteiger partial charge in [-0.05, 0) is 76.3 Å². The number of carbonyl (C=O) groups is 1. The van der Waals surface area contributed by atoms with Crippen molar-refractivity contribution >= 4 is 29.9 Å². The second kappa shape index (κ2) is 7.50. The summed E-state index contributed by atoms with van der Waals surface area (Å²) in [6, 6.07) is 15.5. The number of nitrogens with one attached hydrogen (secondary N) is 1. The van der Waals surface area contributed by atoms with Gasteiger partial charge in [0.1, 0.15) is 0 Å². The molecule has 0 bridgehead atoms. The van der Waals surface area contributed by atoms with Crippen LogP contribution in [0.1, 0.15) is 50.9 Å². The first-order chi connectivity index (χ1) is 13.7. The van der Waals surface area contributed by atoms with Gasteiger partial charge in [-0.2, -0.15) is 0 Å². The minimum absolute atomic E-state index is 0.114. The van der Waals surface area contributed by atoms with Gasteiger partial charge in [-0.1, -0.05) is 18.2 Å². The Morgan fingerprint density at radius 1 is 0.966 bits per heavy atom. The van der Waals surface area contributed by atoms with Crippen molar-refractivity contribution in [2.45, 2.75) is 51.7 Å². The summed E-state index contributed by atoms with van der Waals surface area (Å²) in [5, 5.41) is 3.01. The van der Waals surface area contributed by atoms with Crippen LogP contribution in [0.15, 0.2) is 48.5 Å². The molecule has 6 heteroatoms. The topological polar surface area (TPSA) is 50.8 Å². The molecule has 2 heterocycles. The molecule has 0 saturated carbocycles. The maximum absolute atomic E-state index is 12.8. The number of amides is 1. The highest BCUT2D eigenvalue weighted by Crippen LogP contribution is 2.36. The summed E-state index contributed by atoms with van der Waals surface area (Å²) < 4.78 is 12.3. The van der Waals surface area contributed by atoms with E-state index in [1.54, 1.807) is 0 Å². The molecule has 2 saturated heterocycles. The Kier molecular flexibility index (Phi) is 5.17. The first-order valence-electron chi connectivity index (χ1n) is 10.4. The Labute approximate surface area is 173 Å². The lowest BCUT2D eigenvalue weighted by Crippen LogP contribution is -2.41. The molecule has 2 fully saturated rings. The Hall–Kier alpha value is -2.31. The number of hydrogen-bond donors (Lipinski definition) is 1. The summed E-state index contributed by atoms with van der Waals surface area (Å²) in [5.41, 5.74) is 2.61. The molecule has 2 aliphatic heterocycles. The quantitative estimate of drug-likeness (QED) is 0.804. The molecule has 2 aromatic carbocycles. The predicted molar refractivity (Wildman–Crippen MR) is 118 cm³/mol. The minimum Gasteiger partial charge on any atom is -0.399 e. The molecular weight excluding hydrogens is 363 g/mol.